The van der Waals surface area contributed by atoms with Crippen LogP contribution in [0.5, 0.6) is 0 Å². The molecular formula is C12H11Cl4N5. The molecule has 0 bridgehead atoms. The van der Waals surface area contributed by atoms with Crippen LogP contribution in [-0.4, -0.2) is 21.5 Å². The van der Waals surface area contributed by atoms with E-state index in [4.69, 9.17) is 46.4 Å². The summed E-state index contributed by atoms with van der Waals surface area (Å²) >= 11 is 23.8. The molecule has 0 atom stereocenters. The molecule has 0 spiro atoms. The normalized spacial score (nSPS) is 10.5. The van der Waals surface area contributed by atoms with Crippen molar-refractivity contribution in [3.05, 3.63) is 32.5 Å². The van der Waals surface area contributed by atoms with Gasteiger partial charge in [-0.2, -0.15) is 15.0 Å². The molecule has 1 heterocycles. The van der Waals surface area contributed by atoms with Gasteiger partial charge in [-0.05, 0) is 30.2 Å². The predicted molar refractivity (Wildman–Crippen MR) is 88.4 cm³/mol. The molecule has 9 heteroatoms. The number of nitrogens with one attached hydrogen (secondary N) is 2. The summed E-state index contributed by atoms with van der Waals surface area (Å²) in [5.41, 5.74) is 0.523. The molecule has 0 unspecified atom stereocenters. The van der Waals surface area contributed by atoms with Crippen LogP contribution in [0.25, 0.3) is 0 Å². The summed E-state index contributed by atoms with van der Waals surface area (Å²) in [5.74, 6) is 0.643. The van der Waals surface area contributed by atoms with Gasteiger partial charge in [0.05, 0.1) is 20.8 Å². The summed E-state index contributed by atoms with van der Waals surface area (Å²) in [6.45, 7) is 2.76. The lowest BCUT2D eigenvalue weighted by molar-refractivity contribution is 0.940. The van der Waals surface area contributed by atoms with Crippen LogP contribution >= 0.6 is 46.4 Å². The van der Waals surface area contributed by atoms with E-state index < -0.39 is 0 Å². The van der Waals surface area contributed by atoms with Gasteiger partial charge in [0, 0.05) is 6.54 Å². The third kappa shape index (κ3) is 4.48. The van der Waals surface area contributed by atoms with Crippen molar-refractivity contribution >= 4 is 64.0 Å². The fourth-order valence-electron chi connectivity index (χ4n) is 1.46. The molecule has 2 N–H and O–H groups in total. The van der Waals surface area contributed by atoms with Crippen molar-refractivity contribution in [2.45, 2.75) is 13.3 Å². The van der Waals surface area contributed by atoms with E-state index in [0.29, 0.717) is 26.7 Å². The summed E-state index contributed by atoms with van der Waals surface area (Å²) in [5, 5.41) is 7.17. The van der Waals surface area contributed by atoms with Crippen molar-refractivity contribution in [3.63, 3.8) is 0 Å². The number of hydrogen-bond acceptors (Lipinski definition) is 5. The van der Waals surface area contributed by atoms with Gasteiger partial charge in [0.15, 0.2) is 0 Å². The summed E-state index contributed by atoms with van der Waals surface area (Å²) in [6, 6.07) is 3.12. The van der Waals surface area contributed by atoms with Crippen molar-refractivity contribution in [2.75, 3.05) is 17.2 Å². The number of benzene rings is 1. The first-order valence-corrected chi connectivity index (χ1v) is 7.57. The minimum atomic E-state index is 0.0716. The third-order valence-corrected chi connectivity index (χ3v) is 3.60. The average Bonchev–Trinajstić information content (AvgIpc) is 2.42. The van der Waals surface area contributed by atoms with Gasteiger partial charge in [0.2, 0.25) is 17.2 Å². The lowest BCUT2D eigenvalue weighted by Crippen LogP contribution is -2.08. The van der Waals surface area contributed by atoms with E-state index >= 15 is 0 Å². The summed E-state index contributed by atoms with van der Waals surface area (Å²) in [7, 11) is 0. The highest BCUT2D eigenvalue weighted by molar-refractivity contribution is 6.44. The quantitative estimate of drug-likeness (QED) is 0.725. The smallest absolute Gasteiger partial charge is 0.233 e. The Morgan fingerprint density at radius 2 is 1.57 bits per heavy atom. The summed E-state index contributed by atoms with van der Waals surface area (Å²) in [4.78, 5) is 12.2. The van der Waals surface area contributed by atoms with Crippen LogP contribution in [-0.2, 0) is 0 Å². The molecule has 5 nitrogen and oxygen atoms in total. The molecule has 112 valence electrons. The molecule has 1 aromatic carbocycles. The van der Waals surface area contributed by atoms with Crippen molar-refractivity contribution in [1.82, 2.24) is 15.0 Å². The fourth-order valence-corrected chi connectivity index (χ4v) is 2.21. The maximum atomic E-state index is 6.09. The zero-order valence-electron chi connectivity index (χ0n) is 10.9. The first kappa shape index (κ1) is 16.4. The highest BCUT2D eigenvalue weighted by atomic mass is 35.5. The third-order valence-electron chi connectivity index (χ3n) is 2.40. The predicted octanol–water partition coefficient (Wildman–Crippen LogP) is 5.05. The van der Waals surface area contributed by atoms with Gasteiger partial charge in [-0.25, -0.2) is 0 Å². The Labute approximate surface area is 142 Å². The fraction of sp³-hybridized carbons (Fsp3) is 0.250. The van der Waals surface area contributed by atoms with Crippen molar-refractivity contribution < 1.29 is 0 Å². The van der Waals surface area contributed by atoms with E-state index in [0.717, 1.165) is 13.0 Å². The van der Waals surface area contributed by atoms with Crippen LogP contribution in [0, 0.1) is 0 Å². The lowest BCUT2D eigenvalue weighted by Gasteiger charge is -2.10. The maximum absolute atomic E-state index is 6.09. The Morgan fingerprint density at radius 1 is 0.905 bits per heavy atom. The Hall–Kier alpha value is -1.01. The summed E-state index contributed by atoms with van der Waals surface area (Å²) in [6.07, 6.45) is 0.935. The minimum Gasteiger partial charge on any atom is -0.354 e. The number of hydrogen-bond donors (Lipinski definition) is 2. The number of aromatic nitrogens is 3. The Kier molecular flexibility index (Phi) is 5.70. The van der Waals surface area contributed by atoms with Crippen molar-refractivity contribution in [2.24, 2.45) is 0 Å². The van der Waals surface area contributed by atoms with Gasteiger partial charge in [-0.1, -0.05) is 41.7 Å². The van der Waals surface area contributed by atoms with E-state index in [9.17, 15) is 0 Å². The first-order chi connectivity index (χ1) is 9.99. The number of halogens is 4. The van der Waals surface area contributed by atoms with Gasteiger partial charge in [0.1, 0.15) is 0 Å². The van der Waals surface area contributed by atoms with Gasteiger partial charge in [-0.3, -0.25) is 0 Å². The topological polar surface area (TPSA) is 62.7 Å². The van der Waals surface area contributed by atoms with Gasteiger partial charge in [-0.15, -0.1) is 0 Å². The molecular weight excluding hydrogens is 356 g/mol. The molecule has 0 amide bonds. The molecule has 0 radical (unpaired) electrons. The molecule has 1 aromatic heterocycles. The molecule has 21 heavy (non-hydrogen) atoms. The van der Waals surface area contributed by atoms with E-state index in [1.807, 2.05) is 6.92 Å². The van der Waals surface area contributed by atoms with E-state index in [1.54, 1.807) is 6.07 Å². The lowest BCUT2D eigenvalue weighted by atomic mass is 10.3. The van der Waals surface area contributed by atoms with Crippen molar-refractivity contribution in [1.29, 1.82) is 0 Å². The Bertz CT molecular complexity index is 650. The van der Waals surface area contributed by atoms with Crippen LogP contribution in [0.1, 0.15) is 13.3 Å². The van der Waals surface area contributed by atoms with E-state index in [-0.39, 0.29) is 11.2 Å². The number of anilines is 3. The second-order valence-corrected chi connectivity index (χ2v) is 5.61. The largest absolute Gasteiger partial charge is 0.354 e. The minimum absolute atomic E-state index is 0.0716. The molecule has 2 rings (SSSR count). The van der Waals surface area contributed by atoms with Crippen LogP contribution in [0.2, 0.25) is 20.4 Å². The monoisotopic (exact) mass is 365 g/mol. The molecule has 0 saturated heterocycles. The Morgan fingerprint density at radius 3 is 2.29 bits per heavy atom. The van der Waals surface area contributed by atoms with Gasteiger partial charge >= 0.3 is 0 Å². The van der Waals surface area contributed by atoms with Crippen LogP contribution in [0.15, 0.2) is 12.1 Å². The molecule has 2 aromatic rings. The van der Waals surface area contributed by atoms with Crippen LogP contribution < -0.4 is 10.6 Å². The second-order valence-electron chi connectivity index (χ2n) is 4.05. The summed E-state index contributed by atoms with van der Waals surface area (Å²) < 4.78 is 0. The number of rotatable bonds is 5. The number of nitrogens with zero attached hydrogens (tertiary/aromatic N) is 3. The molecule has 0 aliphatic carbocycles. The second kappa shape index (κ2) is 7.31. The van der Waals surface area contributed by atoms with Crippen molar-refractivity contribution in [3.8, 4) is 0 Å². The van der Waals surface area contributed by atoms with E-state index in [1.165, 1.54) is 6.07 Å². The van der Waals surface area contributed by atoms with Gasteiger partial charge in [0.25, 0.3) is 0 Å². The zero-order valence-corrected chi connectivity index (χ0v) is 13.9. The molecule has 0 fully saturated rings. The standard InChI is InChI=1S/C12H11Cl4N5/c1-2-3-17-11-19-10(16)20-12(21-11)18-9-5-7(14)6(13)4-8(9)15/h4-5H,2-3H2,1H3,(H2,17,18,19,20,21). The highest BCUT2D eigenvalue weighted by Gasteiger charge is 2.10. The first-order valence-electron chi connectivity index (χ1n) is 6.06. The SMILES string of the molecule is CCCNc1nc(Cl)nc(Nc2cc(Cl)c(Cl)cc2Cl)n1. The molecule has 0 aliphatic heterocycles. The van der Waals surface area contributed by atoms with Crippen LogP contribution in [0.3, 0.4) is 0 Å². The molecule has 0 saturated carbocycles. The molecule has 0 aliphatic rings. The average molecular weight is 367 g/mol. The van der Waals surface area contributed by atoms with E-state index in [2.05, 4.69) is 25.6 Å². The zero-order chi connectivity index (χ0) is 15.4. The Balaban J connectivity index is 2.27. The highest BCUT2D eigenvalue weighted by Crippen LogP contribution is 2.33. The van der Waals surface area contributed by atoms with Crippen LogP contribution in [0.4, 0.5) is 17.6 Å². The van der Waals surface area contributed by atoms with Gasteiger partial charge < -0.3 is 10.6 Å². The maximum Gasteiger partial charge on any atom is 0.233 e.